The van der Waals surface area contributed by atoms with Gasteiger partial charge in [0.2, 0.25) is 28.6 Å². The van der Waals surface area contributed by atoms with Crippen LogP contribution in [0.4, 0.5) is 5.69 Å². The van der Waals surface area contributed by atoms with E-state index < -0.39 is 16.1 Å². The summed E-state index contributed by atoms with van der Waals surface area (Å²) in [5, 5.41) is 2.96. The van der Waals surface area contributed by atoms with Crippen molar-refractivity contribution in [1.82, 2.24) is 10.2 Å². The van der Waals surface area contributed by atoms with Crippen LogP contribution in [-0.2, 0) is 26.0 Å². The van der Waals surface area contributed by atoms with Crippen molar-refractivity contribution in [3.05, 3.63) is 54.1 Å². The van der Waals surface area contributed by atoms with Gasteiger partial charge < -0.3 is 19.7 Å². The lowest BCUT2D eigenvalue weighted by molar-refractivity contribution is -0.140. The third-order valence-electron chi connectivity index (χ3n) is 6.45. The van der Waals surface area contributed by atoms with E-state index in [0.717, 1.165) is 18.2 Å². The highest BCUT2D eigenvalue weighted by atomic mass is 32.2. The molecule has 2 atom stereocenters. The SMILES string of the molecule is CC[C@@H](C)NC(=O)[C@H](C)N(CCc1ccccc1)C(=O)CCCN(c1ccc2c(c1)OCO2)S(C)(=O)=O. The number of amides is 2. The third kappa shape index (κ3) is 7.85. The van der Waals surface area contributed by atoms with E-state index >= 15 is 0 Å². The number of ether oxygens (including phenoxy) is 2. The monoisotopic (exact) mass is 531 g/mol. The Morgan fingerprint density at radius 3 is 2.41 bits per heavy atom. The van der Waals surface area contributed by atoms with Crippen LogP contribution in [0.25, 0.3) is 0 Å². The van der Waals surface area contributed by atoms with Gasteiger partial charge in [-0.3, -0.25) is 13.9 Å². The van der Waals surface area contributed by atoms with Crippen molar-refractivity contribution < 1.29 is 27.5 Å². The smallest absolute Gasteiger partial charge is 0.242 e. The molecule has 2 aromatic carbocycles. The van der Waals surface area contributed by atoms with E-state index in [9.17, 15) is 18.0 Å². The first-order chi connectivity index (χ1) is 17.6. The minimum atomic E-state index is -3.60. The number of anilines is 1. The molecule has 0 saturated carbocycles. The Morgan fingerprint density at radius 1 is 1.03 bits per heavy atom. The maximum Gasteiger partial charge on any atom is 0.242 e. The summed E-state index contributed by atoms with van der Waals surface area (Å²) in [4.78, 5) is 27.8. The van der Waals surface area contributed by atoms with E-state index in [1.165, 1.54) is 4.31 Å². The summed E-state index contributed by atoms with van der Waals surface area (Å²) in [6.07, 6.45) is 2.93. The molecule has 37 heavy (non-hydrogen) atoms. The van der Waals surface area contributed by atoms with E-state index in [0.29, 0.717) is 36.6 Å². The van der Waals surface area contributed by atoms with Crippen LogP contribution in [-0.4, -0.2) is 63.4 Å². The molecule has 0 spiro atoms. The van der Waals surface area contributed by atoms with E-state index in [1.54, 1.807) is 30.0 Å². The highest BCUT2D eigenvalue weighted by molar-refractivity contribution is 7.92. The molecule has 0 unspecified atom stereocenters. The van der Waals surface area contributed by atoms with Crippen LogP contribution in [0.2, 0.25) is 0 Å². The van der Waals surface area contributed by atoms with Gasteiger partial charge in [-0.2, -0.15) is 0 Å². The van der Waals surface area contributed by atoms with Gasteiger partial charge in [-0.15, -0.1) is 0 Å². The summed E-state index contributed by atoms with van der Waals surface area (Å²) in [6.45, 7) is 6.24. The molecule has 0 aliphatic carbocycles. The number of fused-ring (bicyclic) bond motifs is 1. The molecule has 10 heteroatoms. The summed E-state index contributed by atoms with van der Waals surface area (Å²) in [5.41, 5.74) is 1.52. The van der Waals surface area contributed by atoms with Gasteiger partial charge in [-0.1, -0.05) is 37.3 Å². The molecule has 2 aromatic rings. The third-order valence-corrected chi connectivity index (χ3v) is 7.64. The fourth-order valence-corrected chi connectivity index (χ4v) is 5.04. The van der Waals surface area contributed by atoms with Crippen molar-refractivity contribution in [3.8, 4) is 11.5 Å². The fraction of sp³-hybridized carbons (Fsp3) is 0.481. The van der Waals surface area contributed by atoms with Crippen LogP contribution in [0.3, 0.4) is 0 Å². The summed E-state index contributed by atoms with van der Waals surface area (Å²) < 4.78 is 37.0. The number of hydrogen-bond acceptors (Lipinski definition) is 6. The molecule has 2 amide bonds. The molecular formula is C27H37N3O6S. The largest absolute Gasteiger partial charge is 0.454 e. The van der Waals surface area contributed by atoms with Crippen LogP contribution in [0.1, 0.15) is 45.6 Å². The normalized spacial score (nSPS) is 14.1. The van der Waals surface area contributed by atoms with Crippen molar-refractivity contribution >= 4 is 27.5 Å². The minimum absolute atomic E-state index is 0.00560. The molecule has 0 bridgehead atoms. The number of hydrogen-bond donors (Lipinski definition) is 1. The molecule has 0 aromatic heterocycles. The topological polar surface area (TPSA) is 105 Å². The standard InChI is InChI=1S/C27H37N3O6S/c1-5-20(2)28-27(32)21(3)29(17-15-22-10-7-6-8-11-22)26(31)12-9-16-30(37(4,33)34)23-13-14-24-25(18-23)36-19-35-24/h6-8,10-11,13-14,18,20-21H,5,9,12,15-17,19H2,1-4H3,(H,28,32)/t20-,21+/m1/s1. The van der Waals surface area contributed by atoms with E-state index in [1.807, 2.05) is 44.2 Å². The summed E-state index contributed by atoms with van der Waals surface area (Å²) in [7, 11) is -3.60. The summed E-state index contributed by atoms with van der Waals surface area (Å²) >= 11 is 0. The molecule has 1 aliphatic heterocycles. The molecule has 9 nitrogen and oxygen atoms in total. The molecule has 0 saturated heterocycles. The Balaban J connectivity index is 1.69. The fourth-order valence-electron chi connectivity index (χ4n) is 4.08. The first-order valence-electron chi connectivity index (χ1n) is 12.6. The second-order valence-corrected chi connectivity index (χ2v) is 11.2. The molecule has 0 radical (unpaired) electrons. The predicted molar refractivity (Wildman–Crippen MR) is 143 cm³/mol. The number of nitrogens with one attached hydrogen (secondary N) is 1. The lowest BCUT2D eigenvalue weighted by Crippen LogP contribution is -2.50. The zero-order valence-electron chi connectivity index (χ0n) is 22.0. The van der Waals surface area contributed by atoms with Crippen molar-refractivity contribution in [2.75, 3.05) is 30.4 Å². The second kappa shape index (κ2) is 12.8. The number of benzene rings is 2. The van der Waals surface area contributed by atoms with Crippen LogP contribution in [0, 0.1) is 0 Å². The Morgan fingerprint density at radius 2 is 1.73 bits per heavy atom. The quantitative estimate of drug-likeness (QED) is 0.425. The van der Waals surface area contributed by atoms with Crippen LogP contribution in [0.15, 0.2) is 48.5 Å². The number of nitrogens with zero attached hydrogens (tertiary/aromatic N) is 2. The zero-order valence-corrected chi connectivity index (χ0v) is 22.8. The second-order valence-electron chi connectivity index (χ2n) is 9.29. The Bertz CT molecular complexity index is 1170. The average Bonchev–Trinajstić information content (AvgIpc) is 3.34. The lowest BCUT2D eigenvalue weighted by atomic mass is 10.1. The minimum Gasteiger partial charge on any atom is -0.454 e. The highest BCUT2D eigenvalue weighted by Gasteiger charge is 2.27. The molecule has 1 N–H and O–H groups in total. The predicted octanol–water partition coefficient (Wildman–Crippen LogP) is 3.34. The van der Waals surface area contributed by atoms with Crippen molar-refractivity contribution in [3.63, 3.8) is 0 Å². The van der Waals surface area contributed by atoms with E-state index in [-0.39, 0.29) is 37.6 Å². The highest BCUT2D eigenvalue weighted by Crippen LogP contribution is 2.36. The number of rotatable bonds is 13. The number of carbonyl (C=O) groups is 2. The van der Waals surface area contributed by atoms with Gasteiger partial charge in [0.15, 0.2) is 11.5 Å². The molecule has 0 fully saturated rings. The van der Waals surface area contributed by atoms with Gasteiger partial charge in [0, 0.05) is 31.6 Å². The molecule has 202 valence electrons. The molecule has 1 heterocycles. The van der Waals surface area contributed by atoms with E-state index in [4.69, 9.17) is 9.47 Å². The molecule has 3 rings (SSSR count). The first-order valence-corrected chi connectivity index (χ1v) is 14.5. The van der Waals surface area contributed by atoms with Gasteiger partial charge in [0.1, 0.15) is 6.04 Å². The van der Waals surface area contributed by atoms with Gasteiger partial charge in [0.05, 0.1) is 11.9 Å². The van der Waals surface area contributed by atoms with E-state index in [2.05, 4.69) is 5.32 Å². The summed E-state index contributed by atoms with van der Waals surface area (Å²) in [5.74, 6) is 0.650. The Labute approximate surface area is 219 Å². The first kappa shape index (κ1) is 28.3. The van der Waals surface area contributed by atoms with Crippen LogP contribution < -0.4 is 19.1 Å². The van der Waals surface area contributed by atoms with Crippen molar-refractivity contribution in [2.24, 2.45) is 0 Å². The van der Waals surface area contributed by atoms with Gasteiger partial charge >= 0.3 is 0 Å². The van der Waals surface area contributed by atoms with Gasteiger partial charge in [-0.25, -0.2) is 8.42 Å². The zero-order chi connectivity index (χ0) is 27.0. The average molecular weight is 532 g/mol. The number of carbonyl (C=O) groups excluding carboxylic acids is 2. The van der Waals surface area contributed by atoms with Crippen LogP contribution in [0.5, 0.6) is 11.5 Å². The maximum absolute atomic E-state index is 13.3. The molecule has 1 aliphatic rings. The maximum atomic E-state index is 13.3. The summed E-state index contributed by atoms with van der Waals surface area (Å²) in [6, 6.07) is 14.1. The van der Waals surface area contributed by atoms with Crippen molar-refractivity contribution in [1.29, 1.82) is 0 Å². The Hall–Kier alpha value is -3.27. The molecular weight excluding hydrogens is 494 g/mol. The number of sulfonamides is 1. The van der Waals surface area contributed by atoms with Crippen molar-refractivity contribution in [2.45, 2.75) is 58.5 Å². The van der Waals surface area contributed by atoms with Gasteiger partial charge in [0.25, 0.3) is 0 Å². The van der Waals surface area contributed by atoms with Crippen LogP contribution >= 0.6 is 0 Å². The Kier molecular flexibility index (Phi) is 9.79. The van der Waals surface area contributed by atoms with Gasteiger partial charge in [-0.05, 0) is 50.8 Å². The lowest BCUT2D eigenvalue weighted by Gasteiger charge is -2.30.